The van der Waals surface area contributed by atoms with E-state index in [4.69, 9.17) is 14.2 Å². The van der Waals surface area contributed by atoms with Gasteiger partial charge in [0.2, 0.25) is 0 Å². The number of carbonyl (C=O) groups excluding carboxylic acids is 3. The molecule has 6 heteroatoms. The minimum atomic E-state index is -0.765. The monoisotopic (exact) mass is 1010 g/mol. The predicted molar refractivity (Wildman–Crippen MR) is 312 cm³/mol. The topological polar surface area (TPSA) is 78.9 Å². The molecule has 0 amide bonds. The lowest BCUT2D eigenvalue weighted by Gasteiger charge is -2.18. The predicted octanol–water partition coefficient (Wildman–Crippen LogP) is 22.1. The van der Waals surface area contributed by atoms with Crippen LogP contribution in [0.1, 0.15) is 374 Å². The third-order valence-electron chi connectivity index (χ3n) is 15.0. The van der Waals surface area contributed by atoms with Gasteiger partial charge in [0.1, 0.15) is 13.2 Å². The third kappa shape index (κ3) is 59.0. The van der Waals surface area contributed by atoms with E-state index in [1.54, 1.807) is 0 Å². The molecule has 0 aromatic rings. The summed E-state index contributed by atoms with van der Waals surface area (Å²) in [6.45, 7) is 6.67. The maximum absolute atomic E-state index is 12.9. The van der Waals surface area contributed by atoms with Crippen molar-refractivity contribution in [2.45, 2.75) is 380 Å². The second-order valence-corrected chi connectivity index (χ2v) is 22.4. The molecular weight excluding hydrogens is 889 g/mol. The van der Waals surface area contributed by atoms with Gasteiger partial charge in [0.05, 0.1) is 0 Å². The van der Waals surface area contributed by atoms with Crippen molar-refractivity contribution in [1.82, 2.24) is 0 Å². The zero-order valence-corrected chi connectivity index (χ0v) is 49.0. The van der Waals surface area contributed by atoms with Crippen molar-refractivity contribution in [3.05, 3.63) is 12.2 Å². The van der Waals surface area contributed by atoms with Gasteiger partial charge in [-0.15, -0.1) is 0 Å². The molecule has 0 saturated heterocycles. The Morgan fingerprint density at radius 1 is 0.264 bits per heavy atom. The van der Waals surface area contributed by atoms with E-state index in [9.17, 15) is 14.4 Å². The molecule has 0 spiro atoms. The Morgan fingerprint density at radius 3 is 0.694 bits per heavy atom. The molecule has 6 nitrogen and oxygen atoms in total. The molecule has 0 aromatic carbocycles. The van der Waals surface area contributed by atoms with E-state index >= 15 is 0 Å². The number of rotatable bonds is 61. The highest BCUT2D eigenvalue weighted by molar-refractivity contribution is 5.71. The van der Waals surface area contributed by atoms with E-state index < -0.39 is 6.10 Å². The molecule has 0 bridgehead atoms. The Balaban J connectivity index is 4.05. The molecule has 0 saturated carbocycles. The van der Waals surface area contributed by atoms with Crippen LogP contribution < -0.4 is 0 Å². The summed E-state index contributed by atoms with van der Waals surface area (Å²) in [7, 11) is 0. The quantitative estimate of drug-likeness (QED) is 0.0261. The number of esters is 3. The first kappa shape index (κ1) is 70.1. The van der Waals surface area contributed by atoms with Gasteiger partial charge in [-0.3, -0.25) is 14.4 Å². The highest BCUT2D eigenvalue weighted by Gasteiger charge is 2.19. The standard InChI is InChI=1S/C66H126O6/c1-4-7-10-13-16-18-20-22-24-26-28-30-31-32-33-34-36-37-39-41-43-45-47-50-53-56-59-65(68)71-62-63(61-70-64(67)58-55-52-49-15-12-9-6-3)72-66(69)60-57-54-51-48-46-44-42-40-38-35-29-27-25-23-21-19-17-14-11-8-5-2/h27,29,63H,4-26,28,30-62H2,1-3H3/b29-27-. The molecule has 1 atom stereocenters. The van der Waals surface area contributed by atoms with Gasteiger partial charge in [-0.1, -0.05) is 322 Å². The highest BCUT2D eigenvalue weighted by Crippen LogP contribution is 2.18. The van der Waals surface area contributed by atoms with Gasteiger partial charge >= 0.3 is 17.9 Å². The van der Waals surface area contributed by atoms with Gasteiger partial charge in [-0.05, 0) is 44.9 Å². The van der Waals surface area contributed by atoms with Gasteiger partial charge < -0.3 is 14.2 Å². The van der Waals surface area contributed by atoms with Crippen LogP contribution in [-0.4, -0.2) is 37.2 Å². The molecule has 1 unspecified atom stereocenters. The van der Waals surface area contributed by atoms with Crippen molar-refractivity contribution in [3.8, 4) is 0 Å². The van der Waals surface area contributed by atoms with E-state index in [0.717, 1.165) is 57.8 Å². The Hall–Kier alpha value is -1.85. The molecule has 0 radical (unpaired) electrons. The molecular formula is C66H126O6. The SMILES string of the molecule is CCCCCCCCCC/C=C\CCCCCCCCCCCC(=O)OC(COC(=O)CCCCCCCCC)COC(=O)CCCCCCCCCCCCCCCCCCCCCCCCCCCC. The fourth-order valence-corrected chi connectivity index (χ4v) is 10.1. The molecule has 426 valence electrons. The first-order valence-corrected chi connectivity index (χ1v) is 32.7. The number of ether oxygens (including phenoxy) is 3. The van der Waals surface area contributed by atoms with Crippen molar-refractivity contribution in [2.75, 3.05) is 13.2 Å². The zero-order chi connectivity index (χ0) is 52.2. The van der Waals surface area contributed by atoms with Crippen molar-refractivity contribution < 1.29 is 28.6 Å². The number of allylic oxidation sites excluding steroid dienone is 2. The number of unbranched alkanes of at least 4 members (excludes halogenated alkanes) is 48. The van der Waals surface area contributed by atoms with Crippen molar-refractivity contribution in [3.63, 3.8) is 0 Å². The summed E-state index contributed by atoms with van der Waals surface area (Å²) in [6, 6.07) is 0. The molecule has 0 rings (SSSR count). The van der Waals surface area contributed by atoms with Gasteiger partial charge in [0.15, 0.2) is 6.10 Å². The maximum atomic E-state index is 12.9. The average molecular weight is 1020 g/mol. The lowest BCUT2D eigenvalue weighted by atomic mass is 10.0. The van der Waals surface area contributed by atoms with Crippen LogP contribution in [0.4, 0.5) is 0 Å². The zero-order valence-electron chi connectivity index (χ0n) is 49.0. The number of carbonyl (C=O) groups is 3. The molecule has 0 heterocycles. The Morgan fingerprint density at radius 2 is 0.458 bits per heavy atom. The second kappa shape index (κ2) is 61.7. The smallest absolute Gasteiger partial charge is 0.306 e. The second-order valence-electron chi connectivity index (χ2n) is 22.4. The summed E-state index contributed by atoms with van der Waals surface area (Å²) < 4.78 is 16.9. The number of hydrogen-bond acceptors (Lipinski definition) is 6. The molecule has 0 fully saturated rings. The van der Waals surface area contributed by atoms with Crippen LogP contribution in [0.3, 0.4) is 0 Å². The lowest BCUT2D eigenvalue weighted by Crippen LogP contribution is -2.30. The van der Waals surface area contributed by atoms with E-state index in [1.165, 1.54) is 276 Å². The average Bonchev–Trinajstić information content (AvgIpc) is 3.38. The Labute approximate surface area is 450 Å². The lowest BCUT2D eigenvalue weighted by molar-refractivity contribution is -0.167. The first-order valence-electron chi connectivity index (χ1n) is 32.7. The molecule has 0 aliphatic heterocycles. The minimum Gasteiger partial charge on any atom is -0.462 e. The largest absolute Gasteiger partial charge is 0.462 e. The highest BCUT2D eigenvalue weighted by atomic mass is 16.6. The Bertz CT molecular complexity index is 1120. The summed E-state index contributed by atoms with van der Waals surface area (Å²) in [5.74, 6) is -0.847. The van der Waals surface area contributed by atoms with Crippen LogP contribution in [-0.2, 0) is 28.6 Å². The first-order chi connectivity index (χ1) is 35.5. The fraction of sp³-hybridized carbons (Fsp3) is 0.924. The van der Waals surface area contributed by atoms with Crippen LogP contribution in [0.2, 0.25) is 0 Å². The molecule has 0 aromatic heterocycles. The van der Waals surface area contributed by atoms with Crippen molar-refractivity contribution >= 4 is 17.9 Å². The fourth-order valence-electron chi connectivity index (χ4n) is 10.1. The van der Waals surface area contributed by atoms with Crippen LogP contribution in [0.25, 0.3) is 0 Å². The summed E-state index contributed by atoms with van der Waals surface area (Å²) in [5.41, 5.74) is 0. The van der Waals surface area contributed by atoms with Crippen molar-refractivity contribution in [1.29, 1.82) is 0 Å². The number of hydrogen-bond donors (Lipinski definition) is 0. The van der Waals surface area contributed by atoms with E-state index in [0.29, 0.717) is 19.3 Å². The third-order valence-corrected chi connectivity index (χ3v) is 15.0. The van der Waals surface area contributed by atoms with E-state index in [2.05, 4.69) is 32.9 Å². The summed E-state index contributed by atoms with van der Waals surface area (Å²) in [4.78, 5) is 38.1. The molecule has 0 aliphatic rings. The molecule has 0 N–H and O–H groups in total. The van der Waals surface area contributed by atoms with Gasteiger partial charge in [0.25, 0.3) is 0 Å². The van der Waals surface area contributed by atoms with Crippen LogP contribution in [0.5, 0.6) is 0 Å². The summed E-state index contributed by atoms with van der Waals surface area (Å²) in [5, 5.41) is 0. The van der Waals surface area contributed by atoms with Gasteiger partial charge in [-0.25, -0.2) is 0 Å². The Kier molecular flexibility index (Phi) is 60.1. The van der Waals surface area contributed by atoms with Gasteiger partial charge in [-0.2, -0.15) is 0 Å². The van der Waals surface area contributed by atoms with Crippen LogP contribution in [0.15, 0.2) is 12.2 Å². The van der Waals surface area contributed by atoms with Crippen molar-refractivity contribution in [2.24, 2.45) is 0 Å². The van der Waals surface area contributed by atoms with Gasteiger partial charge in [0, 0.05) is 19.3 Å². The molecule has 0 aliphatic carbocycles. The minimum absolute atomic E-state index is 0.0651. The maximum Gasteiger partial charge on any atom is 0.306 e. The summed E-state index contributed by atoms with van der Waals surface area (Å²) >= 11 is 0. The van der Waals surface area contributed by atoms with Crippen LogP contribution >= 0.6 is 0 Å². The van der Waals surface area contributed by atoms with E-state index in [1.807, 2.05) is 0 Å². The van der Waals surface area contributed by atoms with E-state index in [-0.39, 0.29) is 31.1 Å². The summed E-state index contributed by atoms with van der Waals surface area (Å²) in [6.07, 6.45) is 72.6. The normalized spacial score (nSPS) is 12.0. The van der Waals surface area contributed by atoms with Crippen LogP contribution in [0, 0.1) is 0 Å². The molecule has 72 heavy (non-hydrogen) atoms.